The second-order valence-corrected chi connectivity index (χ2v) is 2.62. The lowest BCUT2D eigenvalue weighted by atomic mass is 10.4. The van der Waals surface area contributed by atoms with Gasteiger partial charge in [-0.05, 0) is 34.1 Å². The van der Waals surface area contributed by atoms with Gasteiger partial charge in [-0.25, -0.2) is 9.67 Å². The molecule has 2 aromatic rings. The highest BCUT2D eigenvalue weighted by Crippen LogP contribution is 2.10. The van der Waals surface area contributed by atoms with Crippen LogP contribution in [-0.2, 0) is 0 Å². The van der Waals surface area contributed by atoms with Gasteiger partial charge in [-0.15, -0.1) is 0 Å². The van der Waals surface area contributed by atoms with Gasteiger partial charge in [0.25, 0.3) is 0 Å². The first-order valence-electron chi connectivity index (χ1n) is 6.01. The topological polar surface area (TPSA) is 30.7 Å². The van der Waals surface area contributed by atoms with Crippen LogP contribution in [0.4, 0.5) is 0 Å². The van der Waals surface area contributed by atoms with Gasteiger partial charge in [0.15, 0.2) is 0 Å². The molecule has 0 aliphatic carbocycles. The highest BCUT2D eigenvalue weighted by atomic mass is 79.9. The molecule has 0 bridgehead atoms. The SMILES string of the molecule is [2H]c1nc(Br)c([2H])c(-n2nc([2H])c([2H])c2[2H])c1[2H]. The maximum Gasteiger partial charge on any atom is 0.108 e. The van der Waals surface area contributed by atoms with Crippen LogP contribution >= 0.6 is 15.9 Å². The minimum absolute atomic E-state index is 0.0476. The van der Waals surface area contributed by atoms with Crippen molar-refractivity contribution in [2.45, 2.75) is 0 Å². The fourth-order valence-corrected chi connectivity index (χ4v) is 0.953. The Morgan fingerprint density at radius 2 is 2.42 bits per heavy atom. The lowest BCUT2D eigenvalue weighted by Crippen LogP contribution is -1.93. The molecular formula is C8H6BrN3. The van der Waals surface area contributed by atoms with Crippen molar-refractivity contribution in [1.29, 1.82) is 0 Å². The van der Waals surface area contributed by atoms with Gasteiger partial charge in [0.1, 0.15) is 4.60 Å². The lowest BCUT2D eigenvalue weighted by molar-refractivity contribution is 0.876. The van der Waals surface area contributed by atoms with Crippen molar-refractivity contribution in [1.82, 2.24) is 14.8 Å². The van der Waals surface area contributed by atoms with Crippen molar-refractivity contribution in [2.75, 3.05) is 0 Å². The molecule has 2 rings (SSSR count). The number of hydrogen-bond donors (Lipinski definition) is 0. The van der Waals surface area contributed by atoms with E-state index in [9.17, 15) is 0 Å². The lowest BCUT2D eigenvalue weighted by Gasteiger charge is -1.99. The van der Waals surface area contributed by atoms with E-state index in [2.05, 4.69) is 26.0 Å². The first kappa shape index (κ1) is 3.30. The van der Waals surface area contributed by atoms with Gasteiger partial charge in [-0.1, -0.05) is 0 Å². The molecule has 0 N–H and O–H groups in total. The molecule has 0 amide bonds. The summed E-state index contributed by atoms with van der Waals surface area (Å²) >= 11 is 2.98. The molecule has 2 aromatic heterocycles. The van der Waals surface area contributed by atoms with E-state index in [0.717, 1.165) is 4.68 Å². The van der Waals surface area contributed by atoms with E-state index in [-0.39, 0.29) is 28.5 Å². The van der Waals surface area contributed by atoms with Crippen LogP contribution in [-0.4, -0.2) is 14.8 Å². The van der Waals surface area contributed by atoms with Crippen LogP contribution in [0.5, 0.6) is 0 Å². The van der Waals surface area contributed by atoms with E-state index in [1.54, 1.807) is 0 Å². The van der Waals surface area contributed by atoms with Crippen molar-refractivity contribution in [3.05, 3.63) is 41.2 Å². The Kier molecular flexibility index (Phi) is 0.842. The number of pyridine rings is 1. The summed E-state index contributed by atoms with van der Waals surface area (Å²) in [6.07, 6.45) is -1.20. The van der Waals surface area contributed by atoms with E-state index in [4.69, 9.17) is 8.22 Å². The molecule has 0 saturated carbocycles. The third-order valence-corrected chi connectivity index (χ3v) is 1.50. The minimum Gasteiger partial charge on any atom is -0.249 e. The molecule has 0 atom stereocenters. The Hall–Kier alpha value is -1.16. The molecule has 4 heteroatoms. The van der Waals surface area contributed by atoms with Crippen molar-refractivity contribution in [3.8, 4) is 5.69 Å². The van der Waals surface area contributed by atoms with Gasteiger partial charge < -0.3 is 0 Å². The molecule has 3 nitrogen and oxygen atoms in total. The summed E-state index contributed by atoms with van der Waals surface area (Å²) in [6, 6.07) is -0.987. The zero-order valence-electron chi connectivity index (χ0n) is 11.7. The summed E-state index contributed by atoms with van der Waals surface area (Å²) in [6.45, 7) is 0. The van der Waals surface area contributed by atoms with Crippen molar-refractivity contribution in [3.63, 3.8) is 0 Å². The standard InChI is InChI=1S/C8H6BrN3/c9-8-6-7(2-4-10-8)12-5-1-3-11-12/h1-6H/i1D,2D,3D,4D,5D,6D. The van der Waals surface area contributed by atoms with Crippen molar-refractivity contribution >= 4 is 15.9 Å². The Labute approximate surface area is 86.6 Å². The summed E-state index contributed by atoms with van der Waals surface area (Å²) in [7, 11) is 0. The van der Waals surface area contributed by atoms with Crippen LogP contribution in [0.15, 0.2) is 41.2 Å². The third kappa shape index (κ3) is 1.38. The first-order valence-corrected chi connectivity index (χ1v) is 3.80. The summed E-state index contributed by atoms with van der Waals surface area (Å²) in [5.41, 5.74) is -0.140. The van der Waals surface area contributed by atoms with Gasteiger partial charge in [-0.3, -0.25) is 0 Å². The quantitative estimate of drug-likeness (QED) is 0.701. The van der Waals surface area contributed by atoms with Crippen LogP contribution < -0.4 is 0 Å². The summed E-state index contributed by atoms with van der Waals surface area (Å²) in [5, 5.41) is 3.62. The molecule has 2 heterocycles. The minimum atomic E-state index is -0.418. The maximum absolute atomic E-state index is 7.77. The second-order valence-electron chi connectivity index (χ2n) is 1.87. The Balaban J connectivity index is 2.82. The maximum atomic E-state index is 7.77. The van der Waals surface area contributed by atoms with Crippen LogP contribution in [0.25, 0.3) is 5.69 Å². The molecule has 0 fully saturated rings. The Morgan fingerprint density at radius 1 is 1.50 bits per heavy atom. The average molecular weight is 230 g/mol. The molecule has 60 valence electrons. The highest BCUT2D eigenvalue weighted by Gasteiger charge is 1.95. The average Bonchev–Trinajstić information content (AvgIpc) is 2.55. The van der Waals surface area contributed by atoms with E-state index >= 15 is 0 Å². The molecule has 12 heavy (non-hydrogen) atoms. The van der Waals surface area contributed by atoms with E-state index in [1.807, 2.05) is 0 Å². The van der Waals surface area contributed by atoms with Gasteiger partial charge in [0, 0.05) is 18.5 Å². The largest absolute Gasteiger partial charge is 0.249 e. The van der Waals surface area contributed by atoms with Gasteiger partial charge in [0.2, 0.25) is 0 Å². The molecule has 0 saturated heterocycles. The Bertz CT molecular complexity index is 614. The van der Waals surface area contributed by atoms with Crippen molar-refractivity contribution < 1.29 is 8.22 Å². The highest BCUT2D eigenvalue weighted by molar-refractivity contribution is 9.10. The van der Waals surface area contributed by atoms with E-state index in [0.29, 0.717) is 0 Å². The van der Waals surface area contributed by atoms with Crippen LogP contribution in [0.1, 0.15) is 8.22 Å². The molecule has 0 aliphatic rings. The van der Waals surface area contributed by atoms with E-state index < -0.39 is 18.4 Å². The number of aromatic nitrogens is 3. The third-order valence-electron chi connectivity index (χ3n) is 1.13. The first-order chi connectivity index (χ1) is 8.34. The summed E-state index contributed by atoms with van der Waals surface area (Å²) in [4.78, 5) is 3.63. The fraction of sp³-hybridized carbons (Fsp3) is 0. The van der Waals surface area contributed by atoms with Gasteiger partial charge in [0.05, 0.1) is 13.9 Å². The van der Waals surface area contributed by atoms with E-state index in [1.165, 1.54) is 0 Å². The molecule has 0 unspecified atom stereocenters. The predicted octanol–water partition coefficient (Wildman–Crippen LogP) is 2.03. The summed E-state index contributed by atoms with van der Waals surface area (Å²) in [5.74, 6) is 0. The zero-order chi connectivity index (χ0) is 13.6. The zero-order valence-corrected chi connectivity index (χ0v) is 7.31. The number of rotatable bonds is 1. The van der Waals surface area contributed by atoms with Crippen LogP contribution in [0.2, 0.25) is 0 Å². The number of halogens is 1. The number of hydrogen-bond acceptors (Lipinski definition) is 2. The smallest absolute Gasteiger partial charge is 0.108 e. The molecule has 0 aromatic carbocycles. The summed E-state index contributed by atoms with van der Waals surface area (Å²) < 4.78 is 46.2. The molecule has 0 radical (unpaired) electrons. The molecule has 0 spiro atoms. The normalized spacial score (nSPS) is 17.1. The fourth-order valence-electron chi connectivity index (χ4n) is 0.677. The second kappa shape index (κ2) is 3.06. The monoisotopic (exact) mass is 229 g/mol. The van der Waals surface area contributed by atoms with Gasteiger partial charge in [-0.2, -0.15) is 5.10 Å². The van der Waals surface area contributed by atoms with Crippen LogP contribution in [0.3, 0.4) is 0 Å². The molecule has 0 aliphatic heterocycles. The van der Waals surface area contributed by atoms with Gasteiger partial charge >= 0.3 is 0 Å². The van der Waals surface area contributed by atoms with Crippen molar-refractivity contribution in [2.24, 2.45) is 0 Å². The Morgan fingerprint density at radius 3 is 3.17 bits per heavy atom. The van der Waals surface area contributed by atoms with Crippen LogP contribution in [0, 0.1) is 0 Å². The predicted molar refractivity (Wildman–Crippen MR) is 49.1 cm³/mol. The molecular weight excluding hydrogens is 218 g/mol. The number of nitrogens with zero attached hydrogens (tertiary/aromatic N) is 3.